The summed E-state index contributed by atoms with van der Waals surface area (Å²) in [5.41, 5.74) is -0.791. The van der Waals surface area contributed by atoms with Gasteiger partial charge in [-0.15, -0.1) is 0 Å². The van der Waals surface area contributed by atoms with E-state index in [0.29, 0.717) is 16.1 Å². The van der Waals surface area contributed by atoms with E-state index in [0.717, 1.165) is 12.1 Å². The number of benzene rings is 2. The third-order valence-corrected chi connectivity index (χ3v) is 4.61. The third kappa shape index (κ3) is 2.62. The smallest absolute Gasteiger partial charge is 0.333 e. The highest BCUT2D eigenvalue weighted by Crippen LogP contribution is 2.60. The fraction of sp³-hybridized carbons (Fsp3) is 0.167. The van der Waals surface area contributed by atoms with E-state index in [1.807, 2.05) is 0 Å². The molecular formula is C18H12ClF3N2O. The van der Waals surface area contributed by atoms with Crippen LogP contribution in [-0.2, 0) is 16.5 Å². The summed E-state index contributed by atoms with van der Waals surface area (Å²) in [5.74, 6) is 0. The average Bonchev–Trinajstić information content (AvgIpc) is 3.10. The zero-order valence-electron chi connectivity index (χ0n) is 12.7. The Labute approximate surface area is 146 Å². The van der Waals surface area contributed by atoms with Crippen molar-refractivity contribution in [1.82, 2.24) is 9.55 Å². The van der Waals surface area contributed by atoms with Gasteiger partial charge in [0.2, 0.25) is 0 Å². The van der Waals surface area contributed by atoms with Crippen molar-refractivity contribution in [2.75, 3.05) is 0 Å². The van der Waals surface area contributed by atoms with Gasteiger partial charge in [0.05, 0.1) is 11.9 Å². The van der Waals surface area contributed by atoms with Gasteiger partial charge in [0, 0.05) is 23.0 Å². The van der Waals surface area contributed by atoms with Gasteiger partial charge in [-0.05, 0) is 23.8 Å². The molecule has 3 nitrogen and oxygen atoms in total. The lowest BCUT2D eigenvalue weighted by molar-refractivity contribution is -0.137. The summed E-state index contributed by atoms with van der Waals surface area (Å²) in [5, 5.41) is 0.433. The Morgan fingerprint density at radius 3 is 2.60 bits per heavy atom. The zero-order chi connectivity index (χ0) is 17.7. The van der Waals surface area contributed by atoms with Crippen LogP contribution in [0.4, 0.5) is 13.2 Å². The van der Waals surface area contributed by atoms with Crippen LogP contribution in [-0.4, -0.2) is 9.55 Å². The lowest BCUT2D eigenvalue weighted by Crippen LogP contribution is -2.16. The second kappa shape index (κ2) is 5.61. The summed E-state index contributed by atoms with van der Waals surface area (Å²) in [4.78, 5) is 3.99. The maximum Gasteiger partial charge on any atom is 0.416 e. The molecule has 0 N–H and O–H groups in total. The van der Waals surface area contributed by atoms with Crippen molar-refractivity contribution < 1.29 is 17.9 Å². The van der Waals surface area contributed by atoms with Crippen LogP contribution in [0.25, 0.3) is 0 Å². The second-order valence-electron chi connectivity index (χ2n) is 5.77. The summed E-state index contributed by atoms with van der Waals surface area (Å²) < 4.78 is 47.1. The first-order chi connectivity index (χ1) is 11.9. The molecule has 1 aliphatic rings. The van der Waals surface area contributed by atoms with Gasteiger partial charge >= 0.3 is 6.18 Å². The molecule has 2 atom stereocenters. The van der Waals surface area contributed by atoms with Crippen LogP contribution in [0.1, 0.15) is 22.9 Å². The van der Waals surface area contributed by atoms with Gasteiger partial charge in [0.25, 0.3) is 0 Å². The van der Waals surface area contributed by atoms with Crippen LogP contribution in [0, 0.1) is 0 Å². The maximum atomic E-state index is 13.1. The minimum atomic E-state index is -4.43. The van der Waals surface area contributed by atoms with Crippen LogP contribution in [0.15, 0.2) is 67.3 Å². The van der Waals surface area contributed by atoms with E-state index in [2.05, 4.69) is 4.98 Å². The zero-order valence-corrected chi connectivity index (χ0v) is 13.5. The number of nitrogens with zero attached hydrogens (tertiary/aromatic N) is 2. The number of ether oxygens (including phenoxy) is 1. The highest BCUT2D eigenvalue weighted by atomic mass is 35.5. The number of imidazole rings is 1. The fourth-order valence-corrected chi connectivity index (χ4v) is 3.35. The first-order valence-electron chi connectivity index (χ1n) is 7.51. The molecule has 4 rings (SSSR count). The molecule has 0 aliphatic carbocycles. The monoisotopic (exact) mass is 364 g/mol. The molecule has 0 amide bonds. The summed E-state index contributed by atoms with van der Waals surface area (Å²) in [6.45, 7) is 0. The van der Waals surface area contributed by atoms with Gasteiger partial charge in [-0.3, -0.25) is 0 Å². The van der Waals surface area contributed by atoms with Gasteiger partial charge < -0.3 is 9.30 Å². The van der Waals surface area contributed by atoms with E-state index >= 15 is 0 Å². The molecule has 1 saturated heterocycles. The molecule has 1 fully saturated rings. The van der Waals surface area contributed by atoms with E-state index in [4.69, 9.17) is 16.3 Å². The van der Waals surface area contributed by atoms with Crippen molar-refractivity contribution in [3.05, 3.63) is 89.0 Å². The predicted octanol–water partition coefficient (Wildman–Crippen LogP) is 5.03. The highest BCUT2D eigenvalue weighted by molar-refractivity contribution is 6.31. The van der Waals surface area contributed by atoms with Crippen molar-refractivity contribution in [1.29, 1.82) is 0 Å². The number of halogens is 4. The van der Waals surface area contributed by atoms with Crippen molar-refractivity contribution in [3.63, 3.8) is 0 Å². The predicted molar refractivity (Wildman–Crippen MR) is 86.0 cm³/mol. The lowest BCUT2D eigenvalue weighted by Gasteiger charge is -2.17. The van der Waals surface area contributed by atoms with Crippen molar-refractivity contribution >= 4 is 11.6 Å². The Bertz CT molecular complexity index is 911. The molecule has 1 aromatic heterocycles. The lowest BCUT2D eigenvalue weighted by atomic mass is 9.89. The molecule has 0 bridgehead atoms. The Hall–Kier alpha value is -2.31. The number of alkyl halides is 3. The van der Waals surface area contributed by atoms with Crippen molar-refractivity contribution in [3.8, 4) is 0 Å². The first kappa shape index (κ1) is 16.2. The molecule has 2 heterocycles. The van der Waals surface area contributed by atoms with Gasteiger partial charge in [0.1, 0.15) is 0 Å². The van der Waals surface area contributed by atoms with Gasteiger partial charge in [-0.1, -0.05) is 41.9 Å². The molecule has 2 unspecified atom stereocenters. The van der Waals surface area contributed by atoms with E-state index in [1.165, 1.54) is 6.07 Å². The summed E-state index contributed by atoms with van der Waals surface area (Å²) in [6.07, 6.45) is -0.0888. The summed E-state index contributed by atoms with van der Waals surface area (Å²) in [6, 6.07) is 12.2. The molecule has 128 valence electrons. The summed E-state index contributed by atoms with van der Waals surface area (Å²) in [7, 11) is 0. The minimum Gasteiger partial charge on any atom is -0.333 e. The van der Waals surface area contributed by atoms with E-state index in [9.17, 15) is 13.2 Å². The Morgan fingerprint density at radius 1 is 1.12 bits per heavy atom. The van der Waals surface area contributed by atoms with Gasteiger partial charge in [0.15, 0.2) is 11.8 Å². The largest absolute Gasteiger partial charge is 0.416 e. The summed E-state index contributed by atoms with van der Waals surface area (Å²) >= 11 is 6.33. The number of hydrogen-bond acceptors (Lipinski definition) is 2. The molecule has 25 heavy (non-hydrogen) atoms. The van der Waals surface area contributed by atoms with Gasteiger partial charge in [-0.2, -0.15) is 13.2 Å². The Kier molecular flexibility index (Phi) is 3.63. The molecule has 1 aliphatic heterocycles. The average molecular weight is 365 g/mol. The highest BCUT2D eigenvalue weighted by Gasteiger charge is 2.61. The molecule has 7 heteroatoms. The maximum absolute atomic E-state index is 13.1. The Balaban J connectivity index is 1.88. The normalized spacial score (nSPS) is 22.8. The molecule has 2 aromatic carbocycles. The van der Waals surface area contributed by atoms with Gasteiger partial charge in [-0.25, -0.2) is 4.98 Å². The van der Waals surface area contributed by atoms with Crippen LogP contribution >= 0.6 is 11.6 Å². The third-order valence-electron chi connectivity index (χ3n) is 4.28. The van der Waals surface area contributed by atoms with E-state index < -0.39 is 23.6 Å². The minimum absolute atomic E-state index is 0.397. The van der Waals surface area contributed by atoms with E-state index in [1.54, 1.807) is 53.6 Å². The first-order valence-corrected chi connectivity index (χ1v) is 7.89. The van der Waals surface area contributed by atoms with Crippen molar-refractivity contribution in [2.24, 2.45) is 0 Å². The molecule has 0 saturated carbocycles. The van der Waals surface area contributed by atoms with Crippen LogP contribution in [0.5, 0.6) is 0 Å². The number of aromatic nitrogens is 2. The topological polar surface area (TPSA) is 30.4 Å². The molecule has 0 radical (unpaired) electrons. The quantitative estimate of drug-likeness (QED) is 0.610. The Morgan fingerprint density at radius 2 is 1.92 bits per heavy atom. The standard InChI is InChI=1S/C18H12ClF3N2O/c19-15-7-2-1-6-14(15)17(16(25-17)24-9-8-23-11-24)12-4-3-5-13(10-12)18(20,21)22/h1-11,16H. The fourth-order valence-electron chi connectivity index (χ4n) is 3.07. The second-order valence-corrected chi connectivity index (χ2v) is 6.18. The van der Waals surface area contributed by atoms with Crippen LogP contribution < -0.4 is 0 Å². The molecule has 3 aromatic rings. The SMILES string of the molecule is FC(F)(F)c1cccc(C2(c3ccccc3Cl)OC2n2ccnc2)c1. The van der Waals surface area contributed by atoms with Crippen LogP contribution in [0.2, 0.25) is 5.02 Å². The molecular weight excluding hydrogens is 353 g/mol. The van der Waals surface area contributed by atoms with Crippen LogP contribution in [0.3, 0.4) is 0 Å². The van der Waals surface area contributed by atoms with E-state index in [-0.39, 0.29) is 0 Å². The molecule has 0 spiro atoms. The number of hydrogen-bond donors (Lipinski definition) is 0. The number of rotatable bonds is 3. The number of epoxide rings is 1. The van der Waals surface area contributed by atoms with Crippen molar-refractivity contribution in [2.45, 2.75) is 18.0 Å².